The molecule has 0 aliphatic carbocycles. The quantitative estimate of drug-likeness (QED) is 0.186. The molecule has 4 aromatic rings. The highest BCUT2D eigenvalue weighted by Crippen LogP contribution is 2.35. The minimum absolute atomic E-state index is 0.193. The summed E-state index contributed by atoms with van der Waals surface area (Å²) in [6.07, 6.45) is 3.31. The topological polar surface area (TPSA) is 83.0 Å². The Labute approximate surface area is 243 Å². The summed E-state index contributed by atoms with van der Waals surface area (Å²) in [6.45, 7) is 7.69. The second-order valence-electron chi connectivity index (χ2n) is 8.77. The lowest BCUT2D eigenvalue weighted by Crippen LogP contribution is -2.39. The Balaban J connectivity index is 1.61. The normalized spacial score (nSPS) is 15.0. The number of hydrogen-bond donors (Lipinski definition) is 0. The van der Waals surface area contributed by atoms with E-state index in [1.165, 1.54) is 15.9 Å². The summed E-state index contributed by atoms with van der Waals surface area (Å²) in [7, 11) is 0. The maximum atomic E-state index is 13.8. The largest absolute Gasteiger partial charge is 0.490 e. The number of rotatable bonds is 8. The molecular weight excluding hydrogens is 571 g/mol. The van der Waals surface area contributed by atoms with Gasteiger partial charge >= 0.3 is 5.97 Å². The van der Waals surface area contributed by atoms with Crippen LogP contribution in [0.3, 0.4) is 0 Å². The van der Waals surface area contributed by atoms with Crippen molar-refractivity contribution in [1.29, 1.82) is 0 Å². The summed E-state index contributed by atoms with van der Waals surface area (Å²) in [4.78, 5) is 32.0. The Bertz CT molecular complexity index is 1820. The monoisotopic (exact) mass is 594 g/mol. The Morgan fingerprint density at radius 2 is 1.95 bits per heavy atom. The maximum Gasteiger partial charge on any atom is 0.338 e. The number of allylic oxidation sites excluding steroid dienone is 1. The van der Waals surface area contributed by atoms with Crippen LogP contribution in [0.25, 0.3) is 17.4 Å². The lowest BCUT2D eigenvalue weighted by Gasteiger charge is -2.24. The molecule has 0 N–H and O–H groups in total. The number of halogens is 2. The highest BCUT2D eigenvalue weighted by Gasteiger charge is 2.33. The molecule has 2 aromatic heterocycles. The van der Waals surface area contributed by atoms with E-state index in [0.29, 0.717) is 65.7 Å². The van der Waals surface area contributed by atoms with Gasteiger partial charge in [0, 0.05) is 11.6 Å². The zero-order chi connectivity index (χ0) is 28.4. The number of thiazole rings is 1. The number of carbonyl (C=O) groups excluding carboxylic acids is 1. The van der Waals surface area contributed by atoms with Crippen molar-refractivity contribution in [3.8, 4) is 17.1 Å². The fraction of sp³-hybridized carbons (Fsp3) is 0.167. The van der Waals surface area contributed by atoms with E-state index in [4.69, 9.17) is 37.1 Å². The fourth-order valence-electron chi connectivity index (χ4n) is 4.41. The van der Waals surface area contributed by atoms with E-state index in [-0.39, 0.29) is 12.2 Å². The van der Waals surface area contributed by atoms with E-state index in [9.17, 15) is 9.59 Å². The molecule has 204 valence electrons. The third-order valence-corrected chi connectivity index (χ3v) is 8.00. The molecule has 1 aliphatic heterocycles. The van der Waals surface area contributed by atoms with Crippen LogP contribution < -0.4 is 19.6 Å². The summed E-state index contributed by atoms with van der Waals surface area (Å²) in [5.41, 5.74) is 1.83. The fourth-order valence-corrected chi connectivity index (χ4v) is 5.83. The molecule has 0 unspecified atom stereocenters. The second kappa shape index (κ2) is 11.7. The minimum atomic E-state index is -0.733. The molecule has 0 saturated carbocycles. The van der Waals surface area contributed by atoms with Crippen molar-refractivity contribution in [3.63, 3.8) is 0 Å². The number of nitrogens with zero attached hydrogens (tertiary/aromatic N) is 2. The number of fused-ring (bicyclic) bond motifs is 1. The van der Waals surface area contributed by atoms with E-state index in [0.717, 1.165) is 0 Å². The van der Waals surface area contributed by atoms with Gasteiger partial charge in [0.25, 0.3) is 5.56 Å². The van der Waals surface area contributed by atoms with Crippen molar-refractivity contribution in [2.24, 2.45) is 4.99 Å². The Kier molecular flexibility index (Phi) is 8.12. The molecule has 0 bridgehead atoms. The first-order valence-electron chi connectivity index (χ1n) is 12.4. The maximum absolute atomic E-state index is 13.8. The predicted molar refractivity (Wildman–Crippen MR) is 157 cm³/mol. The number of benzene rings is 2. The van der Waals surface area contributed by atoms with E-state index in [1.807, 2.05) is 12.1 Å². The van der Waals surface area contributed by atoms with E-state index < -0.39 is 12.0 Å². The van der Waals surface area contributed by atoms with Gasteiger partial charge in [0.1, 0.15) is 23.9 Å². The standard InChI is InChI=1S/C30H24Cl2N2O5S/c1-4-15-38-19-11-9-18(10-12-19)27-25(29(36)37-5-2)17(3)33-30-34(27)28(35)24(40-30)16-20-13-14-23(39-20)21-7-6-8-22(31)26(21)32/h4,6-14,16,27H,1,5,15H2,2-3H3/b24-16-/t27-/m1/s1. The van der Waals surface area contributed by atoms with Gasteiger partial charge in [0.05, 0.1) is 38.5 Å². The summed E-state index contributed by atoms with van der Waals surface area (Å²) in [5, 5.41) is 0.797. The number of hydrogen-bond acceptors (Lipinski definition) is 7. The minimum Gasteiger partial charge on any atom is -0.490 e. The van der Waals surface area contributed by atoms with E-state index in [1.54, 1.807) is 68.5 Å². The van der Waals surface area contributed by atoms with Gasteiger partial charge in [-0.3, -0.25) is 9.36 Å². The number of aromatic nitrogens is 1. The van der Waals surface area contributed by atoms with Crippen LogP contribution in [-0.2, 0) is 9.53 Å². The zero-order valence-corrected chi connectivity index (χ0v) is 24.0. The van der Waals surface area contributed by atoms with Gasteiger partial charge in [-0.2, -0.15) is 0 Å². The van der Waals surface area contributed by atoms with Crippen LogP contribution in [0.2, 0.25) is 10.0 Å². The van der Waals surface area contributed by atoms with Gasteiger partial charge < -0.3 is 13.9 Å². The van der Waals surface area contributed by atoms with Crippen LogP contribution in [0.4, 0.5) is 0 Å². The lowest BCUT2D eigenvalue weighted by atomic mass is 9.96. The van der Waals surface area contributed by atoms with Gasteiger partial charge in [0.15, 0.2) is 4.80 Å². The SMILES string of the molecule is C=CCOc1ccc([C@@H]2C(C(=O)OCC)=C(C)N=c3s/c(=C\c4ccc(-c5cccc(Cl)c5Cl)o4)c(=O)n32)cc1. The van der Waals surface area contributed by atoms with Gasteiger partial charge in [0.2, 0.25) is 0 Å². The molecular formula is C30H24Cl2N2O5S. The van der Waals surface area contributed by atoms with Crippen LogP contribution in [0.5, 0.6) is 5.75 Å². The first kappa shape index (κ1) is 27.7. The molecule has 0 spiro atoms. The van der Waals surface area contributed by atoms with Crippen LogP contribution >= 0.6 is 34.5 Å². The summed E-state index contributed by atoms with van der Waals surface area (Å²) >= 11 is 13.7. The molecule has 10 heteroatoms. The van der Waals surface area contributed by atoms with Gasteiger partial charge in [-0.1, -0.05) is 65.4 Å². The zero-order valence-electron chi connectivity index (χ0n) is 21.6. The van der Waals surface area contributed by atoms with Crippen molar-refractivity contribution >= 4 is 46.6 Å². The molecule has 0 radical (unpaired) electrons. The van der Waals surface area contributed by atoms with Crippen molar-refractivity contribution < 1.29 is 18.7 Å². The van der Waals surface area contributed by atoms with Gasteiger partial charge in [-0.15, -0.1) is 0 Å². The van der Waals surface area contributed by atoms with Crippen LogP contribution in [-0.4, -0.2) is 23.8 Å². The smallest absolute Gasteiger partial charge is 0.338 e. The second-order valence-corrected chi connectivity index (χ2v) is 10.6. The Morgan fingerprint density at radius 1 is 1.18 bits per heavy atom. The van der Waals surface area contributed by atoms with Crippen LogP contribution in [0.15, 0.2) is 92.7 Å². The number of ether oxygens (including phenoxy) is 2. The first-order valence-corrected chi connectivity index (χ1v) is 14.0. The molecule has 3 heterocycles. The predicted octanol–water partition coefficient (Wildman–Crippen LogP) is 5.93. The lowest BCUT2D eigenvalue weighted by molar-refractivity contribution is -0.139. The molecule has 0 saturated heterocycles. The Morgan fingerprint density at radius 3 is 2.67 bits per heavy atom. The van der Waals surface area contributed by atoms with Crippen molar-refractivity contribution in [3.05, 3.63) is 120 Å². The third-order valence-electron chi connectivity index (χ3n) is 6.20. The molecule has 1 atom stereocenters. The molecule has 0 fully saturated rings. The molecule has 1 aliphatic rings. The number of furan rings is 1. The van der Waals surface area contributed by atoms with Crippen LogP contribution in [0, 0.1) is 0 Å². The number of esters is 1. The average molecular weight is 596 g/mol. The highest BCUT2D eigenvalue weighted by molar-refractivity contribution is 7.07. The average Bonchev–Trinajstić information content (AvgIpc) is 3.52. The first-order chi connectivity index (χ1) is 19.3. The van der Waals surface area contributed by atoms with Gasteiger partial charge in [-0.25, -0.2) is 9.79 Å². The van der Waals surface area contributed by atoms with E-state index in [2.05, 4.69) is 11.6 Å². The van der Waals surface area contributed by atoms with Gasteiger partial charge in [-0.05, 0) is 55.8 Å². The van der Waals surface area contributed by atoms with Crippen molar-refractivity contribution in [2.45, 2.75) is 19.9 Å². The molecule has 5 rings (SSSR count). The molecule has 0 amide bonds. The molecule has 7 nitrogen and oxygen atoms in total. The molecule has 2 aromatic carbocycles. The third kappa shape index (κ3) is 5.30. The van der Waals surface area contributed by atoms with Crippen molar-refractivity contribution in [2.75, 3.05) is 13.2 Å². The molecule has 40 heavy (non-hydrogen) atoms. The number of carbonyl (C=O) groups is 1. The van der Waals surface area contributed by atoms with Crippen LogP contribution in [0.1, 0.15) is 31.2 Å². The van der Waals surface area contributed by atoms with Crippen molar-refractivity contribution in [1.82, 2.24) is 4.57 Å². The summed E-state index contributed by atoms with van der Waals surface area (Å²) in [6, 6.07) is 15.3. The van der Waals surface area contributed by atoms with E-state index >= 15 is 0 Å². The Hall–Kier alpha value is -3.85. The highest BCUT2D eigenvalue weighted by atomic mass is 35.5. The summed E-state index contributed by atoms with van der Waals surface area (Å²) in [5.74, 6) is 1.09. The summed E-state index contributed by atoms with van der Waals surface area (Å²) < 4.78 is 18.9.